The first-order chi connectivity index (χ1) is 11.1. The summed E-state index contributed by atoms with van der Waals surface area (Å²) in [5.41, 5.74) is 1.25. The van der Waals surface area contributed by atoms with E-state index in [-0.39, 0.29) is 11.8 Å². The highest BCUT2D eigenvalue weighted by molar-refractivity contribution is 5.79. The Morgan fingerprint density at radius 2 is 2.22 bits per heavy atom. The summed E-state index contributed by atoms with van der Waals surface area (Å²) in [4.78, 5) is 17.0. The molecule has 2 aliphatic heterocycles. The Balaban J connectivity index is 1.52. The smallest absolute Gasteiger partial charge is 0.228 e. The van der Waals surface area contributed by atoms with E-state index in [1.54, 1.807) is 0 Å². The molecule has 0 radical (unpaired) electrons. The van der Waals surface area contributed by atoms with Crippen molar-refractivity contribution in [1.82, 2.24) is 19.6 Å². The number of ether oxygens (including phenoxy) is 1. The fourth-order valence-corrected chi connectivity index (χ4v) is 3.34. The van der Waals surface area contributed by atoms with Gasteiger partial charge in [-0.15, -0.1) is 0 Å². The molecule has 6 nitrogen and oxygen atoms in total. The minimum absolute atomic E-state index is 0.0887. The summed E-state index contributed by atoms with van der Waals surface area (Å²) in [6.07, 6.45) is 6.02. The van der Waals surface area contributed by atoms with E-state index in [2.05, 4.69) is 30.0 Å². The average Bonchev–Trinajstić information content (AvgIpc) is 3.16. The van der Waals surface area contributed by atoms with Crippen molar-refractivity contribution in [3.05, 3.63) is 18.0 Å². The van der Waals surface area contributed by atoms with E-state index in [9.17, 15) is 4.79 Å². The third kappa shape index (κ3) is 4.12. The van der Waals surface area contributed by atoms with E-state index in [1.165, 1.54) is 5.56 Å². The van der Waals surface area contributed by atoms with Gasteiger partial charge in [-0.3, -0.25) is 14.4 Å². The number of aromatic nitrogens is 2. The fraction of sp³-hybridized carbons (Fsp3) is 0.765. The first-order valence-electron chi connectivity index (χ1n) is 8.75. The van der Waals surface area contributed by atoms with Crippen LogP contribution in [0.3, 0.4) is 0 Å². The molecule has 0 spiro atoms. The van der Waals surface area contributed by atoms with Gasteiger partial charge < -0.3 is 9.64 Å². The van der Waals surface area contributed by atoms with Crippen molar-refractivity contribution in [3.63, 3.8) is 0 Å². The standard InChI is InChI=1S/C17H28N4O2/c1-14(2)21-12-15(10-18-21)11-19-5-3-6-20(8-7-19)17(22)16-4-9-23-13-16/h10,12,14,16H,3-9,11,13H2,1-2H3. The number of nitrogens with zero attached hydrogens (tertiary/aromatic N) is 4. The summed E-state index contributed by atoms with van der Waals surface area (Å²) in [5.74, 6) is 0.378. The molecule has 1 unspecified atom stereocenters. The zero-order valence-corrected chi connectivity index (χ0v) is 14.3. The highest BCUT2D eigenvalue weighted by Crippen LogP contribution is 2.17. The lowest BCUT2D eigenvalue weighted by Crippen LogP contribution is -2.39. The third-order valence-corrected chi connectivity index (χ3v) is 4.77. The van der Waals surface area contributed by atoms with E-state index in [0.717, 1.165) is 52.2 Å². The summed E-state index contributed by atoms with van der Waals surface area (Å²) in [5, 5.41) is 4.41. The molecule has 6 heteroatoms. The molecule has 2 saturated heterocycles. The van der Waals surface area contributed by atoms with Crippen molar-refractivity contribution in [1.29, 1.82) is 0 Å². The molecule has 1 amide bonds. The van der Waals surface area contributed by atoms with Crippen LogP contribution in [0.2, 0.25) is 0 Å². The highest BCUT2D eigenvalue weighted by atomic mass is 16.5. The van der Waals surface area contributed by atoms with E-state index >= 15 is 0 Å². The minimum atomic E-state index is 0.0887. The molecule has 2 aliphatic rings. The van der Waals surface area contributed by atoms with Gasteiger partial charge in [-0.1, -0.05) is 0 Å². The van der Waals surface area contributed by atoms with Gasteiger partial charge in [-0.05, 0) is 26.7 Å². The molecular weight excluding hydrogens is 292 g/mol. The van der Waals surface area contributed by atoms with Crippen molar-refractivity contribution in [2.24, 2.45) is 5.92 Å². The number of rotatable bonds is 4. The van der Waals surface area contributed by atoms with Crippen LogP contribution < -0.4 is 0 Å². The van der Waals surface area contributed by atoms with Gasteiger partial charge in [0.15, 0.2) is 0 Å². The van der Waals surface area contributed by atoms with Crippen LogP contribution >= 0.6 is 0 Å². The monoisotopic (exact) mass is 320 g/mol. The lowest BCUT2D eigenvalue weighted by atomic mass is 10.1. The van der Waals surface area contributed by atoms with Crippen LogP contribution in [0, 0.1) is 5.92 Å². The van der Waals surface area contributed by atoms with Crippen LogP contribution in [0.25, 0.3) is 0 Å². The molecule has 0 aromatic carbocycles. The Bertz CT molecular complexity index is 522. The second kappa shape index (κ2) is 7.45. The van der Waals surface area contributed by atoms with Gasteiger partial charge in [0.05, 0.1) is 18.7 Å². The van der Waals surface area contributed by atoms with Crippen molar-refractivity contribution in [2.45, 2.75) is 39.3 Å². The number of carbonyl (C=O) groups is 1. The molecule has 1 aromatic heterocycles. The molecule has 3 heterocycles. The van der Waals surface area contributed by atoms with Crippen molar-refractivity contribution >= 4 is 5.91 Å². The minimum Gasteiger partial charge on any atom is -0.381 e. The topological polar surface area (TPSA) is 50.6 Å². The number of amides is 1. The van der Waals surface area contributed by atoms with E-state index in [4.69, 9.17) is 4.74 Å². The van der Waals surface area contributed by atoms with Gasteiger partial charge in [0, 0.05) is 57.1 Å². The Labute approximate surface area is 138 Å². The van der Waals surface area contributed by atoms with Gasteiger partial charge in [0.1, 0.15) is 0 Å². The Hall–Kier alpha value is -1.40. The second-order valence-corrected chi connectivity index (χ2v) is 6.94. The first-order valence-corrected chi connectivity index (χ1v) is 8.75. The van der Waals surface area contributed by atoms with Crippen LogP contribution in [-0.4, -0.2) is 64.9 Å². The Morgan fingerprint density at radius 3 is 2.91 bits per heavy atom. The van der Waals surface area contributed by atoms with Crippen LogP contribution in [0.1, 0.15) is 38.3 Å². The predicted molar refractivity (Wildman–Crippen MR) is 88.0 cm³/mol. The molecular formula is C17H28N4O2. The average molecular weight is 320 g/mol. The molecule has 23 heavy (non-hydrogen) atoms. The summed E-state index contributed by atoms with van der Waals surface area (Å²) >= 11 is 0. The predicted octanol–water partition coefficient (Wildman–Crippen LogP) is 1.53. The zero-order chi connectivity index (χ0) is 16.2. The molecule has 0 saturated carbocycles. The van der Waals surface area contributed by atoms with E-state index in [0.29, 0.717) is 12.6 Å². The van der Waals surface area contributed by atoms with Crippen LogP contribution in [0.4, 0.5) is 0 Å². The molecule has 0 N–H and O–H groups in total. The number of hydrogen-bond donors (Lipinski definition) is 0. The van der Waals surface area contributed by atoms with Crippen molar-refractivity contribution < 1.29 is 9.53 Å². The Kier molecular flexibility index (Phi) is 5.33. The van der Waals surface area contributed by atoms with Crippen LogP contribution in [0.5, 0.6) is 0 Å². The Morgan fingerprint density at radius 1 is 1.35 bits per heavy atom. The first kappa shape index (κ1) is 16.5. The fourth-order valence-electron chi connectivity index (χ4n) is 3.34. The lowest BCUT2D eigenvalue weighted by molar-refractivity contribution is -0.135. The maximum atomic E-state index is 12.5. The maximum absolute atomic E-state index is 12.5. The van der Waals surface area contributed by atoms with Crippen molar-refractivity contribution in [3.8, 4) is 0 Å². The van der Waals surface area contributed by atoms with Gasteiger partial charge in [0.2, 0.25) is 5.91 Å². The van der Waals surface area contributed by atoms with Crippen molar-refractivity contribution in [2.75, 3.05) is 39.4 Å². The highest BCUT2D eigenvalue weighted by Gasteiger charge is 2.29. The summed E-state index contributed by atoms with van der Waals surface area (Å²) in [6, 6.07) is 0.398. The van der Waals surface area contributed by atoms with Gasteiger partial charge >= 0.3 is 0 Å². The van der Waals surface area contributed by atoms with Crippen LogP contribution in [0.15, 0.2) is 12.4 Å². The molecule has 128 valence electrons. The second-order valence-electron chi connectivity index (χ2n) is 6.94. The molecule has 3 rings (SSSR count). The largest absolute Gasteiger partial charge is 0.381 e. The molecule has 1 aromatic rings. The van der Waals surface area contributed by atoms with E-state index in [1.807, 2.05) is 15.8 Å². The summed E-state index contributed by atoms with van der Waals surface area (Å²) in [7, 11) is 0. The number of carbonyl (C=O) groups excluding carboxylic acids is 1. The third-order valence-electron chi connectivity index (χ3n) is 4.77. The molecule has 2 fully saturated rings. The molecule has 1 atom stereocenters. The van der Waals surface area contributed by atoms with Gasteiger partial charge in [0.25, 0.3) is 0 Å². The lowest BCUT2D eigenvalue weighted by Gasteiger charge is -2.24. The summed E-state index contributed by atoms with van der Waals surface area (Å²) < 4.78 is 7.36. The quantitative estimate of drug-likeness (QED) is 0.844. The molecule has 0 aliphatic carbocycles. The molecule has 0 bridgehead atoms. The summed E-state index contributed by atoms with van der Waals surface area (Å²) in [6.45, 7) is 10.2. The normalized spacial score (nSPS) is 23.4. The van der Waals surface area contributed by atoms with Gasteiger partial charge in [-0.25, -0.2) is 0 Å². The van der Waals surface area contributed by atoms with E-state index < -0.39 is 0 Å². The SMILES string of the molecule is CC(C)n1cc(CN2CCCN(C(=O)C3CCOC3)CC2)cn1. The van der Waals surface area contributed by atoms with Crippen LogP contribution in [-0.2, 0) is 16.1 Å². The zero-order valence-electron chi connectivity index (χ0n) is 14.3. The van der Waals surface area contributed by atoms with Gasteiger partial charge in [-0.2, -0.15) is 5.10 Å². The maximum Gasteiger partial charge on any atom is 0.228 e. The number of hydrogen-bond acceptors (Lipinski definition) is 4.